The van der Waals surface area contributed by atoms with Crippen LogP contribution < -0.4 is 11.1 Å². The molecule has 0 saturated carbocycles. The topological polar surface area (TPSA) is 83.8 Å². The minimum atomic E-state index is -0.836. The first kappa shape index (κ1) is 10.7. The number of aryl methyl sites for hydroxylation is 1. The molecule has 0 radical (unpaired) electrons. The number of carbonyl (C=O) groups is 1. The SMILES string of the molecule is Cc1[nH]ncc1CNC(=O)C(C)(C)N. The highest BCUT2D eigenvalue weighted by molar-refractivity contribution is 5.84. The summed E-state index contributed by atoms with van der Waals surface area (Å²) in [6.07, 6.45) is 1.69. The van der Waals surface area contributed by atoms with Crippen molar-refractivity contribution < 1.29 is 4.79 Å². The van der Waals surface area contributed by atoms with Crippen molar-refractivity contribution in [3.8, 4) is 0 Å². The molecular weight excluding hydrogens is 180 g/mol. The Labute approximate surface area is 83.1 Å². The highest BCUT2D eigenvalue weighted by Crippen LogP contribution is 2.03. The number of amides is 1. The third kappa shape index (κ3) is 2.56. The van der Waals surface area contributed by atoms with Gasteiger partial charge in [0.25, 0.3) is 0 Å². The summed E-state index contributed by atoms with van der Waals surface area (Å²) in [5, 5.41) is 9.39. The van der Waals surface area contributed by atoms with E-state index in [-0.39, 0.29) is 5.91 Å². The lowest BCUT2D eigenvalue weighted by atomic mass is 10.1. The Morgan fingerprint density at radius 1 is 1.71 bits per heavy atom. The van der Waals surface area contributed by atoms with Gasteiger partial charge in [-0.2, -0.15) is 5.10 Å². The maximum Gasteiger partial charge on any atom is 0.239 e. The van der Waals surface area contributed by atoms with E-state index >= 15 is 0 Å². The molecule has 0 aliphatic rings. The van der Waals surface area contributed by atoms with Gasteiger partial charge < -0.3 is 11.1 Å². The molecule has 0 bridgehead atoms. The number of hydrogen-bond acceptors (Lipinski definition) is 3. The molecule has 0 atom stereocenters. The molecule has 5 nitrogen and oxygen atoms in total. The van der Waals surface area contributed by atoms with E-state index in [1.54, 1.807) is 20.0 Å². The lowest BCUT2D eigenvalue weighted by molar-refractivity contribution is -0.125. The summed E-state index contributed by atoms with van der Waals surface area (Å²) >= 11 is 0. The van der Waals surface area contributed by atoms with Crippen LogP contribution in [0.4, 0.5) is 0 Å². The van der Waals surface area contributed by atoms with Gasteiger partial charge in [0, 0.05) is 17.8 Å². The number of nitrogens with one attached hydrogen (secondary N) is 2. The second-order valence-corrected chi connectivity index (χ2v) is 3.92. The molecule has 0 saturated heterocycles. The minimum absolute atomic E-state index is 0.168. The second-order valence-electron chi connectivity index (χ2n) is 3.92. The molecule has 0 aliphatic heterocycles. The van der Waals surface area contributed by atoms with Gasteiger partial charge in [-0.1, -0.05) is 0 Å². The molecular formula is C9H16N4O. The van der Waals surface area contributed by atoms with Gasteiger partial charge >= 0.3 is 0 Å². The van der Waals surface area contributed by atoms with Crippen molar-refractivity contribution in [3.63, 3.8) is 0 Å². The third-order valence-electron chi connectivity index (χ3n) is 1.96. The normalized spacial score (nSPS) is 11.4. The Morgan fingerprint density at radius 3 is 2.79 bits per heavy atom. The van der Waals surface area contributed by atoms with Gasteiger partial charge in [-0.15, -0.1) is 0 Å². The molecule has 78 valence electrons. The van der Waals surface area contributed by atoms with Gasteiger partial charge in [0.15, 0.2) is 0 Å². The number of rotatable bonds is 3. The van der Waals surface area contributed by atoms with Gasteiger partial charge in [0.05, 0.1) is 11.7 Å². The van der Waals surface area contributed by atoms with Crippen LogP contribution in [0.2, 0.25) is 0 Å². The minimum Gasteiger partial charge on any atom is -0.350 e. The number of aromatic amines is 1. The first-order valence-electron chi connectivity index (χ1n) is 4.47. The average molecular weight is 196 g/mol. The van der Waals surface area contributed by atoms with Crippen LogP contribution in [-0.2, 0) is 11.3 Å². The summed E-state index contributed by atoms with van der Waals surface area (Å²) in [6.45, 7) is 5.71. The van der Waals surface area contributed by atoms with Crippen LogP contribution in [0.3, 0.4) is 0 Å². The molecule has 0 unspecified atom stereocenters. The van der Waals surface area contributed by atoms with E-state index in [4.69, 9.17) is 5.73 Å². The zero-order chi connectivity index (χ0) is 10.8. The lowest BCUT2D eigenvalue weighted by Crippen LogP contribution is -2.48. The quantitative estimate of drug-likeness (QED) is 0.639. The van der Waals surface area contributed by atoms with Crippen LogP contribution in [0.1, 0.15) is 25.1 Å². The zero-order valence-corrected chi connectivity index (χ0v) is 8.72. The lowest BCUT2D eigenvalue weighted by Gasteiger charge is -2.17. The fourth-order valence-electron chi connectivity index (χ4n) is 0.957. The van der Waals surface area contributed by atoms with Crippen molar-refractivity contribution in [2.45, 2.75) is 32.9 Å². The monoisotopic (exact) mass is 196 g/mol. The number of H-pyrrole nitrogens is 1. The standard InChI is InChI=1S/C9H16N4O/c1-6-7(5-12-13-6)4-11-8(14)9(2,3)10/h5H,4,10H2,1-3H3,(H,11,14)(H,12,13). The molecule has 5 heteroatoms. The summed E-state index contributed by atoms with van der Waals surface area (Å²) in [5.41, 5.74) is 6.72. The summed E-state index contributed by atoms with van der Waals surface area (Å²) in [6, 6.07) is 0. The van der Waals surface area contributed by atoms with Crippen LogP contribution in [0.5, 0.6) is 0 Å². The van der Waals surface area contributed by atoms with E-state index in [9.17, 15) is 4.79 Å². The third-order valence-corrected chi connectivity index (χ3v) is 1.96. The van der Waals surface area contributed by atoms with Gasteiger partial charge in [-0.3, -0.25) is 9.89 Å². The average Bonchev–Trinajstić information content (AvgIpc) is 2.45. The summed E-state index contributed by atoms with van der Waals surface area (Å²) in [4.78, 5) is 11.4. The largest absolute Gasteiger partial charge is 0.350 e. The molecule has 0 aliphatic carbocycles. The molecule has 14 heavy (non-hydrogen) atoms. The van der Waals surface area contributed by atoms with Gasteiger partial charge in [0.2, 0.25) is 5.91 Å². The summed E-state index contributed by atoms with van der Waals surface area (Å²) in [5.74, 6) is -0.168. The molecule has 1 aromatic rings. The fraction of sp³-hybridized carbons (Fsp3) is 0.556. The maximum absolute atomic E-state index is 11.4. The fourth-order valence-corrected chi connectivity index (χ4v) is 0.957. The van der Waals surface area contributed by atoms with Crippen molar-refractivity contribution >= 4 is 5.91 Å². The van der Waals surface area contributed by atoms with Crippen molar-refractivity contribution in [2.24, 2.45) is 5.73 Å². The van der Waals surface area contributed by atoms with E-state index in [0.717, 1.165) is 11.3 Å². The Hall–Kier alpha value is -1.36. The number of aromatic nitrogens is 2. The Morgan fingerprint density at radius 2 is 2.36 bits per heavy atom. The number of nitrogens with zero attached hydrogens (tertiary/aromatic N) is 1. The molecule has 1 amide bonds. The first-order valence-corrected chi connectivity index (χ1v) is 4.47. The van der Waals surface area contributed by atoms with Crippen LogP contribution in [0, 0.1) is 6.92 Å². The molecule has 1 aromatic heterocycles. The smallest absolute Gasteiger partial charge is 0.239 e. The molecule has 4 N–H and O–H groups in total. The Balaban J connectivity index is 2.50. The van der Waals surface area contributed by atoms with Crippen LogP contribution in [-0.4, -0.2) is 21.6 Å². The highest BCUT2D eigenvalue weighted by atomic mass is 16.2. The van der Waals surface area contributed by atoms with Crippen LogP contribution >= 0.6 is 0 Å². The van der Waals surface area contributed by atoms with Gasteiger partial charge in [0.1, 0.15) is 0 Å². The summed E-state index contributed by atoms with van der Waals surface area (Å²) in [7, 11) is 0. The Bertz CT molecular complexity index is 324. The van der Waals surface area contributed by atoms with E-state index in [0.29, 0.717) is 6.54 Å². The van der Waals surface area contributed by atoms with Crippen LogP contribution in [0.25, 0.3) is 0 Å². The molecule has 1 rings (SSSR count). The second kappa shape index (κ2) is 3.79. The molecule has 1 heterocycles. The predicted molar refractivity (Wildman–Crippen MR) is 53.4 cm³/mol. The first-order chi connectivity index (χ1) is 6.41. The molecule has 0 spiro atoms. The van der Waals surface area contributed by atoms with E-state index in [1.165, 1.54) is 0 Å². The van der Waals surface area contributed by atoms with Crippen molar-refractivity contribution in [1.82, 2.24) is 15.5 Å². The maximum atomic E-state index is 11.4. The zero-order valence-electron chi connectivity index (χ0n) is 8.72. The van der Waals surface area contributed by atoms with Crippen molar-refractivity contribution in [3.05, 3.63) is 17.5 Å². The number of hydrogen-bond donors (Lipinski definition) is 3. The Kier molecular flexibility index (Phi) is 2.90. The van der Waals surface area contributed by atoms with Crippen molar-refractivity contribution in [1.29, 1.82) is 0 Å². The van der Waals surface area contributed by atoms with E-state index in [1.807, 2.05) is 6.92 Å². The van der Waals surface area contributed by atoms with Gasteiger partial charge in [-0.05, 0) is 20.8 Å². The highest BCUT2D eigenvalue weighted by Gasteiger charge is 2.21. The van der Waals surface area contributed by atoms with Crippen molar-refractivity contribution in [2.75, 3.05) is 0 Å². The summed E-state index contributed by atoms with van der Waals surface area (Å²) < 4.78 is 0. The van der Waals surface area contributed by atoms with E-state index < -0.39 is 5.54 Å². The molecule has 0 fully saturated rings. The van der Waals surface area contributed by atoms with Crippen LogP contribution in [0.15, 0.2) is 6.20 Å². The number of carbonyl (C=O) groups excluding carboxylic acids is 1. The van der Waals surface area contributed by atoms with E-state index in [2.05, 4.69) is 15.5 Å². The molecule has 0 aromatic carbocycles. The van der Waals surface area contributed by atoms with Gasteiger partial charge in [-0.25, -0.2) is 0 Å². The predicted octanol–water partition coefficient (Wildman–Crippen LogP) is 0.0716. The number of nitrogens with two attached hydrogens (primary N) is 1.